The lowest BCUT2D eigenvalue weighted by molar-refractivity contribution is 0.173. The highest BCUT2D eigenvalue weighted by atomic mass is 19.1. The number of aliphatic hydroxyl groups excluding tert-OH is 1. The van der Waals surface area contributed by atoms with E-state index in [1.165, 1.54) is 12.1 Å². The second kappa shape index (κ2) is 5.82. The molecule has 0 radical (unpaired) electrons. The lowest BCUT2D eigenvalue weighted by atomic mass is 10.2. The van der Waals surface area contributed by atoms with Gasteiger partial charge in [-0.05, 0) is 30.5 Å². The molecule has 1 fully saturated rings. The number of aliphatic hydroxyl groups is 1. The highest BCUT2D eigenvalue weighted by Gasteiger charge is 2.31. The fraction of sp³-hybridized carbons (Fsp3) is 0.462. The standard InChI is InChI=1S/C13H17FN2O2/c14-11-3-1-2-10(8-11)9-15-13(18)16(6-7-17)12-4-5-12/h1-3,8,12,17H,4-7,9H2,(H,15,18). The molecule has 0 aromatic heterocycles. The van der Waals surface area contributed by atoms with E-state index in [-0.39, 0.29) is 24.5 Å². The van der Waals surface area contributed by atoms with E-state index in [1.54, 1.807) is 17.0 Å². The highest BCUT2D eigenvalue weighted by Crippen LogP contribution is 2.26. The predicted octanol–water partition coefficient (Wildman–Crippen LogP) is 1.49. The minimum absolute atomic E-state index is 0.0378. The minimum atomic E-state index is -0.309. The minimum Gasteiger partial charge on any atom is -0.395 e. The van der Waals surface area contributed by atoms with Crippen molar-refractivity contribution >= 4 is 6.03 Å². The fourth-order valence-electron chi connectivity index (χ4n) is 1.87. The lowest BCUT2D eigenvalue weighted by Crippen LogP contribution is -2.42. The summed E-state index contributed by atoms with van der Waals surface area (Å²) < 4.78 is 13.0. The molecule has 0 saturated heterocycles. The number of carbonyl (C=O) groups is 1. The van der Waals surface area contributed by atoms with Crippen LogP contribution in [0.5, 0.6) is 0 Å². The van der Waals surface area contributed by atoms with Crippen LogP contribution in [0, 0.1) is 5.82 Å². The van der Waals surface area contributed by atoms with Crippen LogP contribution in [-0.4, -0.2) is 35.2 Å². The van der Waals surface area contributed by atoms with E-state index in [0.29, 0.717) is 13.1 Å². The van der Waals surface area contributed by atoms with Gasteiger partial charge in [0.2, 0.25) is 0 Å². The molecule has 0 heterocycles. The Balaban J connectivity index is 1.86. The maximum atomic E-state index is 13.0. The van der Waals surface area contributed by atoms with E-state index in [0.717, 1.165) is 18.4 Å². The van der Waals surface area contributed by atoms with Crippen LogP contribution in [-0.2, 0) is 6.54 Å². The molecule has 98 valence electrons. The van der Waals surface area contributed by atoms with E-state index < -0.39 is 0 Å². The molecule has 2 rings (SSSR count). The van der Waals surface area contributed by atoms with Crippen molar-refractivity contribution in [2.45, 2.75) is 25.4 Å². The first-order chi connectivity index (χ1) is 8.70. The van der Waals surface area contributed by atoms with E-state index in [4.69, 9.17) is 5.11 Å². The summed E-state index contributed by atoms with van der Waals surface area (Å²) in [6, 6.07) is 6.20. The monoisotopic (exact) mass is 252 g/mol. The molecule has 1 aromatic carbocycles. The zero-order chi connectivity index (χ0) is 13.0. The van der Waals surface area contributed by atoms with Crippen LogP contribution in [0.3, 0.4) is 0 Å². The van der Waals surface area contributed by atoms with Gasteiger partial charge in [-0.15, -0.1) is 0 Å². The van der Waals surface area contributed by atoms with Crippen LogP contribution in [0.25, 0.3) is 0 Å². The molecule has 1 saturated carbocycles. The summed E-state index contributed by atoms with van der Waals surface area (Å²) in [5, 5.41) is 11.7. The Morgan fingerprint density at radius 1 is 1.50 bits per heavy atom. The first-order valence-electron chi connectivity index (χ1n) is 6.10. The van der Waals surface area contributed by atoms with Crippen LogP contribution in [0.2, 0.25) is 0 Å². The van der Waals surface area contributed by atoms with E-state index >= 15 is 0 Å². The average molecular weight is 252 g/mol. The van der Waals surface area contributed by atoms with Gasteiger partial charge in [0.25, 0.3) is 0 Å². The molecule has 5 heteroatoms. The topological polar surface area (TPSA) is 52.6 Å². The molecule has 1 aliphatic rings. The van der Waals surface area contributed by atoms with Crippen LogP contribution in [0.1, 0.15) is 18.4 Å². The van der Waals surface area contributed by atoms with Crippen LogP contribution in [0.4, 0.5) is 9.18 Å². The van der Waals surface area contributed by atoms with Gasteiger partial charge in [0.05, 0.1) is 6.61 Å². The number of nitrogens with one attached hydrogen (secondary N) is 1. The molecule has 0 unspecified atom stereocenters. The van der Waals surface area contributed by atoms with Crippen molar-refractivity contribution in [3.05, 3.63) is 35.6 Å². The number of hydrogen-bond acceptors (Lipinski definition) is 2. The summed E-state index contributed by atoms with van der Waals surface area (Å²) in [4.78, 5) is 13.5. The Morgan fingerprint density at radius 3 is 2.89 bits per heavy atom. The maximum absolute atomic E-state index is 13.0. The van der Waals surface area contributed by atoms with Crippen LogP contribution in [0.15, 0.2) is 24.3 Å². The first-order valence-corrected chi connectivity index (χ1v) is 6.10. The van der Waals surface area contributed by atoms with Crippen molar-refractivity contribution in [3.63, 3.8) is 0 Å². The molecule has 1 aromatic rings. The second-order valence-electron chi connectivity index (χ2n) is 4.44. The van der Waals surface area contributed by atoms with Crippen molar-refractivity contribution < 1.29 is 14.3 Å². The van der Waals surface area contributed by atoms with E-state index in [2.05, 4.69) is 5.32 Å². The van der Waals surface area contributed by atoms with Crippen molar-refractivity contribution in [1.29, 1.82) is 0 Å². The van der Waals surface area contributed by atoms with E-state index in [9.17, 15) is 9.18 Å². The average Bonchev–Trinajstić information content (AvgIpc) is 3.17. The predicted molar refractivity (Wildman–Crippen MR) is 65.4 cm³/mol. The Labute approximate surface area is 105 Å². The van der Waals surface area contributed by atoms with Gasteiger partial charge < -0.3 is 15.3 Å². The number of amides is 2. The van der Waals surface area contributed by atoms with Gasteiger partial charge in [-0.3, -0.25) is 0 Å². The third-order valence-corrected chi connectivity index (χ3v) is 2.92. The molecule has 0 spiro atoms. The molecule has 4 nitrogen and oxygen atoms in total. The van der Waals surface area contributed by atoms with Crippen molar-refractivity contribution in [1.82, 2.24) is 10.2 Å². The number of benzene rings is 1. The summed E-state index contributed by atoms with van der Waals surface area (Å²) in [7, 11) is 0. The van der Waals surface area contributed by atoms with Crippen LogP contribution < -0.4 is 5.32 Å². The zero-order valence-corrected chi connectivity index (χ0v) is 10.1. The molecular formula is C13H17FN2O2. The Bertz CT molecular complexity index is 421. The Morgan fingerprint density at radius 2 is 2.28 bits per heavy atom. The van der Waals surface area contributed by atoms with Gasteiger partial charge in [-0.25, -0.2) is 9.18 Å². The number of hydrogen-bond donors (Lipinski definition) is 2. The first kappa shape index (κ1) is 12.8. The molecule has 2 amide bonds. The normalized spacial score (nSPS) is 14.3. The van der Waals surface area contributed by atoms with Crippen molar-refractivity contribution in [3.8, 4) is 0 Å². The van der Waals surface area contributed by atoms with Gasteiger partial charge in [0.1, 0.15) is 5.82 Å². The quantitative estimate of drug-likeness (QED) is 0.834. The number of nitrogens with zero attached hydrogens (tertiary/aromatic N) is 1. The summed E-state index contributed by atoms with van der Waals surface area (Å²) in [6.07, 6.45) is 1.99. The molecule has 0 atom stereocenters. The van der Waals surface area contributed by atoms with Crippen molar-refractivity contribution in [2.24, 2.45) is 0 Å². The lowest BCUT2D eigenvalue weighted by Gasteiger charge is -2.21. The molecular weight excluding hydrogens is 235 g/mol. The number of halogens is 1. The number of carbonyl (C=O) groups excluding carboxylic acids is 1. The summed E-state index contributed by atoms with van der Waals surface area (Å²) in [5.41, 5.74) is 0.725. The SMILES string of the molecule is O=C(NCc1cccc(F)c1)N(CCO)C1CC1. The maximum Gasteiger partial charge on any atom is 0.317 e. The summed E-state index contributed by atoms with van der Waals surface area (Å²) in [5.74, 6) is -0.309. The highest BCUT2D eigenvalue weighted by molar-refractivity contribution is 5.74. The smallest absolute Gasteiger partial charge is 0.317 e. The second-order valence-corrected chi connectivity index (χ2v) is 4.44. The Hall–Kier alpha value is -1.62. The molecule has 1 aliphatic carbocycles. The van der Waals surface area contributed by atoms with Gasteiger partial charge in [0, 0.05) is 19.1 Å². The summed E-state index contributed by atoms with van der Waals surface area (Å²) in [6.45, 7) is 0.606. The number of urea groups is 1. The number of rotatable bonds is 5. The third-order valence-electron chi connectivity index (χ3n) is 2.92. The Kier molecular flexibility index (Phi) is 4.15. The molecule has 2 N–H and O–H groups in total. The summed E-state index contributed by atoms with van der Waals surface area (Å²) >= 11 is 0. The van der Waals surface area contributed by atoms with Gasteiger partial charge >= 0.3 is 6.03 Å². The molecule has 0 bridgehead atoms. The van der Waals surface area contributed by atoms with E-state index in [1.807, 2.05) is 0 Å². The van der Waals surface area contributed by atoms with Gasteiger partial charge in [-0.2, -0.15) is 0 Å². The van der Waals surface area contributed by atoms with Crippen LogP contribution >= 0.6 is 0 Å². The fourth-order valence-corrected chi connectivity index (χ4v) is 1.87. The molecule has 18 heavy (non-hydrogen) atoms. The molecule has 0 aliphatic heterocycles. The van der Waals surface area contributed by atoms with Crippen molar-refractivity contribution in [2.75, 3.05) is 13.2 Å². The largest absolute Gasteiger partial charge is 0.395 e. The zero-order valence-electron chi connectivity index (χ0n) is 10.1. The van der Waals surface area contributed by atoms with Gasteiger partial charge in [-0.1, -0.05) is 12.1 Å². The van der Waals surface area contributed by atoms with Gasteiger partial charge in [0.15, 0.2) is 0 Å². The third kappa shape index (κ3) is 3.43.